The van der Waals surface area contributed by atoms with Crippen LogP contribution in [0.1, 0.15) is 61.0 Å². The molecule has 1 aliphatic carbocycles. The number of amides is 1. The van der Waals surface area contributed by atoms with E-state index >= 15 is 0 Å². The van der Waals surface area contributed by atoms with Crippen LogP contribution >= 0.6 is 23.2 Å². The predicted octanol–water partition coefficient (Wildman–Crippen LogP) is 5.72. The minimum atomic E-state index is -0.449. The van der Waals surface area contributed by atoms with Gasteiger partial charge in [0.1, 0.15) is 0 Å². The summed E-state index contributed by atoms with van der Waals surface area (Å²) in [5, 5.41) is 4.63. The summed E-state index contributed by atoms with van der Waals surface area (Å²) in [6.07, 6.45) is 6.80. The Labute approximate surface area is 200 Å². The van der Waals surface area contributed by atoms with E-state index in [1.54, 1.807) is 6.07 Å². The number of hydrogen-bond acceptors (Lipinski definition) is 4. The van der Waals surface area contributed by atoms with Crippen molar-refractivity contribution >= 4 is 40.5 Å². The summed E-state index contributed by atoms with van der Waals surface area (Å²) in [6, 6.07) is 12.0. The molecule has 172 valence electrons. The van der Waals surface area contributed by atoms with E-state index in [9.17, 15) is 4.79 Å². The molecule has 1 amide bonds. The van der Waals surface area contributed by atoms with Crippen molar-refractivity contribution in [1.82, 2.24) is 4.90 Å². The Hall–Kier alpha value is -1.95. The van der Waals surface area contributed by atoms with Crippen LogP contribution in [0.2, 0.25) is 10.0 Å². The van der Waals surface area contributed by atoms with Gasteiger partial charge in [0.15, 0.2) is 0 Å². The number of benzene rings is 2. The predicted molar refractivity (Wildman–Crippen MR) is 134 cm³/mol. The zero-order valence-corrected chi connectivity index (χ0v) is 20.1. The number of piperazine rings is 1. The van der Waals surface area contributed by atoms with Crippen LogP contribution in [0.4, 0.5) is 11.4 Å². The molecule has 32 heavy (non-hydrogen) atoms. The number of anilines is 2. The zero-order valence-electron chi connectivity index (χ0n) is 18.6. The number of halogens is 2. The summed E-state index contributed by atoms with van der Waals surface area (Å²) in [6.45, 7) is 6.16. The Morgan fingerprint density at radius 2 is 1.75 bits per heavy atom. The molecule has 0 aromatic heterocycles. The second-order valence-corrected chi connectivity index (χ2v) is 9.78. The molecule has 7 heteroatoms. The summed E-state index contributed by atoms with van der Waals surface area (Å²) in [5.74, 6) is -0.449. The lowest BCUT2D eigenvalue weighted by Gasteiger charge is -2.41. The van der Waals surface area contributed by atoms with Crippen molar-refractivity contribution < 1.29 is 4.79 Å². The van der Waals surface area contributed by atoms with E-state index in [1.807, 2.05) is 37.3 Å². The van der Waals surface area contributed by atoms with Gasteiger partial charge in [0, 0.05) is 53.6 Å². The largest absolute Gasteiger partial charge is 0.378 e. The molecule has 2 aliphatic rings. The van der Waals surface area contributed by atoms with Gasteiger partial charge in [-0.2, -0.15) is 0 Å². The summed E-state index contributed by atoms with van der Waals surface area (Å²) in [5.41, 5.74) is 8.89. The van der Waals surface area contributed by atoms with Crippen molar-refractivity contribution in [2.45, 2.75) is 51.1 Å². The third kappa shape index (κ3) is 5.33. The molecular weight excluding hydrogens is 443 g/mol. The van der Waals surface area contributed by atoms with E-state index < -0.39 is 5.91 Å². The van der Waals surface area contributed by atoms with Crippen LogP contribution < -0.4 is 16.0 Å². The molecule has 0 bridgehead atoms. The van der Waals surface area contributed by atoms with Gasteiger partial charge in [-0.25, -0.2) is 0 Å². The number of primary amides is 1. The van der Waals surface area contributed by atoms with Crippen molar-refractivity contribution in [3.05, 3.63) is 57.6 Å². The van der Waals surface area contributed by atoms with Crippen LogP contribution in [0.5, 0.6) is 0 Å². The third-order valence-corrected chi connectivity index (χ3v) is 7.40. The lowest BCUT2D eigenvalue weighted by Crippen LogP contribution is -2.50. The van der Waals surface area contributed by atoms with Gasteiger partial charge in [0.2, 0.25) is 0 Å². The second kappa shape index (κ2) is 10.3. The minimum Gasteiger partial charge on any atom is -0.378 e. The molecule has 0 unspecified atom stereocenters. The Bertz CT molecular complexity index is 953. The molecule has 2 fully saturated rings. The molecule has 5 nitrogen and oxygen atoms in total. The van der Waals surface area contributed by atoms with E-state index in [0.717, 1.165) is 49.2 Å². The van der Waals surface area contributed by atoms with Gasteiger partial charge in [-0.3, -0.25) is 9.69 Å². The van der Waals surface area contributed by atoms with Crippen molar-refractivity contribution in [3.63, 3.8) is 0 Å². The standard InChI is InChI=1S/C25H32Cl2N4O/c1-17(21-9-7-18(26)15-23(21)27)29-24-16-20(8-10-22(24)25(28)32)31-13-11-30(12-14-31)19-5-3-2-4-6-19/h7-10,15-17,19,29H,2-6,11-14H2,1H3,(H2,28,32)/t17-/m1/s1. The number of nitrogens with two attached hydrogens (primary N) is 1. The summed E-state index contributed by atoms with van der Waals surface area (Å²) >= 11 is 12.4. The molecule has 0 spiro atoms. The summed E-state index contributed by atoms with van der Waals surface area (Å²) in [7, 11) is 0. The molecule has 2 aromatic rings. The van der Waals surface area contributed by atoms with Crippen LogP contribution in [-0.2, 0) is 0 Å². The minimum absolute atomic E-state index is 0.115. The maximum atomic E-state index is 12.1. The maximum absolute atomic E-state index is 12.1. The van der Waals surface area contributed by atoms with Gasteiger partial charge in [-0.1, -0.05) is 48.5 Å². The number of hydrogen-bond donors (Lipinski definition) is 2. The Morgan fingerprint density at radius 1 is 1.03 bits per heavy atom. The van der Waals surface area contributed by atoms with E-state index in [4.69, 9.17) is 28.9 Å². The monoisotopic (exact) mass is 474 g/mol. The fourth-order valence-electron chi connectivity index (χ4n) is 5.02. The molecule has 1 aliphatic heterocycles. The van der Waals surface area contributed by atoms with E-state index in [-0.39, 0.29) is 6.04 Å². The highest BCUT2D eigenvalue weighted by molar-refractivity contribution is 6.35. The number of rotatable bonds is 6. The summed E-state index contributed by atoms with van der Waals surface area (Å²) < 4.78 is 0. The van der Waals surface area contributed by atoms with Crippen molar-refractivity contribution in [2.24, 2.45) is 5.73 Å². The molecule has 4 rings (SSSR count). The van der Waals surface area contributed by atoms with Crippen LogP contribution in [0, 0.1) is 0 Å². The fraction of sp³-hybridized carbons (Fsp3) is 0.480. The highest BCUT2D eigenvalue weighted by atomic mass is 35.5. The van der Waals surface area contributed by atoms with Crippen LogP contribution in [0.3, 0.4) is 0 Å². The lowest BCUT2D eigenvalue weighted by atomic mass is 9.94. The topological polar surface area (TPSA) is 61.6 Å². The first-order valence-corrected chi connectivity index (χ1v) is 12.3. The van der Waals surface area contributed by atoms with Gasteiger partial charge in [-0.15, -0.1) is 0 Å². The Morgan fingerprint density at radius 3 is 2.41 bits per heavy atom. The summed E-state index contributed by atoms with van der Waals surface area (Å²) in [4.78, 5) is 17.1. The van der Waals surface area contributed by atoms with Gasteiger partial charge < -0.3 is 16.0 Å². The average molecular weight is 475 g/mol. The Balaban J connectivity index is 1.49. The van der Waals surface area contributed by atoms with Crippen LogP contribution in [-0.4, -0.2) is 43.0 Å². The van der Waals surface area contributed by atoms with Gasteiger partial charge >= 0.3 is 0 Å². The molecule has 1 saturated carbocycles. The smallest absolute Gasteiger partial charge is 0.250 e. The first kappa shape index (κ1) is 23.2. The van der Waals surface area contributed by atoms with Crippen molar-refractivity contribution in [3.8, 4) is 0 Å². The number of nitrogens with zero attached hydrogens (tertiary/aromatic N) is 2. The number of carbonyl (C=O) groups excluding carboxylic acids is 1. The maximum Gasteiger partial charge on any atom is 0.250 e. The SMILES string of the molecule is C[C@@H](Nc1cc(N2CCN(C3CCCCC3)CC2)ccc1C(N)=O)c1ccc(Cl)cc1Cl. The van der Waals surface area contributed by atoms with Crippen molar-refractivity contribution in [1.29, 1.82) is 0 Å². The van der Waals surface area contributed by atoms with Gasteiger partial charge in [-0.05, 0) is 55.7 Å². The second-order valence-electron chi connectivity index (χ2n) is 8.94. The first-order chi connectivity index (χ1) is 15.4. The van der Waals surface area contributed by atoms with E-state index in [2.05, 4.69) is 15.1 Å². The highest BCUT2D eigenvalue weighted by Crippen LogP contribution is 2.32. The lowest BCUT2D eigenvalue weighted by molar-refractivity contribution is 0.100. The molecule has 1 atom stereocenters. The highest BCUT2D eigenvalue weighted by Gasteiger charge is 2.26. The van der Waals surface area contributed by atoms with E-state index in [0.29, 0.717) is 15.6 Å². The molecule has 0 radical (unpaired) electrons. The molecule has 2 aromatic carbocycles. The quantitative estimate of drug-likeness (QED) is 0.561. The average Bonchev–Trinajstić information content (AvgIpc) is 2.79. The molecule has 3 N–H and O–H groups in total. The first-order valence-electron chi connectivity index (χ1n) is 11.6. The molecule has 1 heterocycles. The van der Waals surface area contributed by atoms with Crippen molar-refractivity contribution in [2.75, 3.05) is 36.4 Å². The van der Waals surface area contributed by atoms with Gasteiger partial charge in [0.05, 0.1) is 11.6 Å². The van der Waals surface area contributed by atoms with Crippen LogP contribution in [0.15, 0.2) is 36.4 Å². The van der Waals surface area contributed by atoms with Crippen LogP contribution in [0.25, 0.3) is 0 Å². The van der Waals surface area contributed by atoms with Gasteiger partial charge in [0.25, 0.3) is 5.91 Å². The van der Waals surface area contributed by atoms with E-state index in [1.165, 1.54) is 32.1 Å². The Kier molecular flexibility index (Phi) is 7.49. The number of carbonyl (C=O) groups is 1. The molecular formula is C25H32Cl2N4O. The number of nitrogens with one attached hydrogen (secondary N) is 1. The normalized spacial score (nSPS) is 19.0. The molecule has 1 saturated heterocycles. The third-order valence-electron chi connectivity index (χ3n) is 6.84. The zero-order chi connectivity index (χ0) is 22.7. The fourth-order valence-corrected chi connectivity index (χ4v) is 5.59.